The Morgan fingerprint density at radius 2 is 2.06 bits per heavy atom. The summed E-state index contributed by atoms with van der Waals surface area (Å²) >= 11 is 0. The highest BCUT2D eigenvalue weighted by molar-refractivity contribution is 5.78. The highest BCUT2D eigenvalue weighted by atomic mass is 15.2. The van der Waals surface area contributed by atoms with Crippen LogP contribution in [0.15, 0.2) is 4.99 Å². The zero-order valence-corrected chi connectivity index (χ0v) is 10.9. The second-order valence-corrected chi connectivity index (χ2v) is 4.81. The number of hydrogen-bond donors (Lipinski definition) is 1. The molecule has 0 aliphatic carbocycles. The van der Waals surface area contributed by atoms with Crippen LogP contribution in [0.1, 0.15) is 52.4 Å². The topological polar surface area (TPSA) is 41.6 Å². The molecule has 1 aliphatic rings. The number of likely N-dealkylation sites (tertiary alicyclic amines) is 1. The van der Waals surface area contributed by atoms with Crippen LogP contribution in [-0.4, -0.2) is 30.5 Å². The van der Waals surface area contributed by atoms with E-state index in [1.165, 1.54) is 32.1 Å². The van der Waals surface area contributed by atoms with E-state index in [9.17, 15) is 0 Å². The SMILES string of the molecule is CCCN=C(N)N1CCCC(CCC)CC1. The van der Waals surface area contributed by atoms with Crippen molar-refractivity contribution in [2.75, 3.05) is 19.6 Å². The quantitative estimate of drug-likeness (QED) is 0.590. The first-order valence-electron chi connectivity index (χ1n) is 6.82. The summed E-state index contributed by atoms with van der Waals surface area (Å²) in [5.41, 5.74) is 6.00. The van der Waals surface area contributed by atoms with Gasteiger partial charge in [0.05, 0.1) is 0 Å². The van der Waals surface area contributed by atoms with Crippen LogP contribution in [0.5, 0.6) is 0 Å². The number of aliphatic imine (C=N–C) groups is 1. The minimum Gasteiger partial charge on any atom is -0.370 e. The normalized spacial score (nSPS) is 23.2. The molecule has 2 N–H and O–H groups in total. The molecule has 16 heavy (non-hydrogen) atoms. The van der Waals surface area contributed by atoms with Crippen molar-refractivity contribution in [2.45, 2.75) is 52.4 Å². The Labute approximate surface area is 100 Å². The average molecular weight is 225 g/mol. The van der Waals surface area contributed by atoms with Crippen molar-refractivity contribution >= 4 is 5.96 Å². The third kappa shape index (κ3) is 4.42. The van der Waals surface area contributed by atoms with E-state index < -0.39 is 0 Å². The number of rotatable bonds is 4. The van der Waals surface area contributed by atoms with E-state index >= 15 is 0 Å². The third-order valence-electron chi connectivity index (χ3n) is 3.37. The summed E-state index contributed by atoms with van der Waals surface area (Å²) in [6.45, 7) is 7.47. The van der Waals surface area contributed by atoms with Crippen LogP contribution >= 0.6 is 0 Å². The largest absolute Gasteiger partial charge is 0.370 e. The lowest BCUT2D eigenvalue weighted by molar-refractivity contribution is 0.399. The summed E-state index contributed by atoms with van der Waals surface area (Å²) in [6.07, 6.45) is 7.69. The molecule has 0 radical (unpaired) electrons. The lowest BCUT2D eigenvalue weighted by Crippen LogP contribution is -2.38. The molecule has 94 valence electrons. The molecule has 0 spiro atoms. The Morgan fingerprint density at radius 3 is 2.75 bits per heavy atom. The highest BCUT2D eigenvalue weighted by Crippen LogP contribution is 2.21. The van der Waals surface area contributed by atoms with Crippen LogP contribution < -0.4 is 5.73 Å². The van der Waals surface area contributed by atoms with Crippen LogP contribution in [0, 0.1) is 5.92 Å². The van der Waals surface area contributed by atoms with E-state index in [2.05, 4.69) is 23.7 Å². The molecule has 3 nitrogen and oxygen atoms in total. The van der Waals surface area contributed by atoms with E-state index in [0.717, 1.165) is 37.9 Å². The molecular weight excluding hydrogens is 198 g/mol. The lowest BCUT2D eigenvalue weighted by atomic mass is 9.96. The number of guanidine groups is 1. The predicted octanol–water partition coefficient (Wildman–Crippen LogP) is 2.61. The molecule has 1 fully saturated rings. The van der Waals surface area contributed by atoms with Crippen LogP contribution in [0.4, 0.5) is 0 Å². The first kappa shape index (κ1) is 13.3. The van der Waals surface area contributed by atoms with Gasteiger partial charge in [-0.3, -0.25) is 4.99 Å². The van der Waals surface area contributed by atoms with Gasteiger partial charge in [-0.25, -0.2) is 0 Å². The molecule has 0 aromatic heterocycles. The van der Waals surface area contributed by atoms with E-state index in [4.69, 9.17) is 5.73 Å². The zero-order valence-electron chi connectivity index (χ0n) is 10.9. The van der Waals surface area contributed by atoms with Crippen molar-refractivity contribution in [3.05, 3.63) is 0 Å². The Morgan fingerprint density at radius 1 is 1.25 bits per heavy atom. The summed E-state index contributed by atoms with van der Waals surface area (Å²) in [4.78, 5) is 6.67. The molecule has 1 aliphatic heterocycles. The van der Waals surface area contributed by atoms with E-state index in [1.807, 2.05) is 0 Å². The van der Waals surface area contributed by atoms with Gasteiger partial charge in [0, 0.05) is 19.6 Å². The van der Waals surface area contributed by atoms with Crippen LogP contribution in [0.25, 0.3) is 0 Å². The Hall–Kier alpha value is -0.730. The van der Waals surface area contributed by atoms with Crippen molar-refractivity contribution in [1.29, 1.82) is 0 Å². The Bertz CT molecular complexity index is 213. The molecule has 0 aromatic rings. The number of hydrogen-bond acceptors (Lipinski definition) is 1. The summed E-state index contributed by atoms with van der Waals surface area (Å²) in [5, 5.41) is 0. The molecule has 1 rings (SSSR count). The first-order chi connectivity index (χ1) is 7.77. The summed E-state index contributed by atoms with van der Waals surface area (Å²) in [7, 11) is 0. The maximum atomic E-state index is 6.00. The molecule has 3 heteroatoms. The van der Waals surface area contributed by atoms with Crippen LogP contribution in [0.3, 0.4) is 0 Å². The van der Waals surface area contributed by atoms with Gasteiger partial charge in [0.25, 0.3) is 0 Å². The maximum absolute atomic E-state index is 6.00. The molecule has 1 unspecified atom stereocenters. The van der Waals surface area contributed by atoms with Crippen molar-refractivity contribution in [1.82, 2.24) is 4.90 Å². The van der Waals surface area contributed by atoms with Crippen LogP contribution in [-0.2, 0) is 0 Å². The fraction of sp³-hybridized carbons (Fsp3) is 0.923. The zero-order chi connectivity index (χ0) is 11.8. The van der Waals surface area contributed by atoms with Gasteiger partial charge in [-0.15, -0.1) is 0 Å². The van der Waals surface area contributed by atoms with E-state index in [-0.39, 0.29) is 0 Å². The minimum atomic E-state index is 0.763. The molecule has 1 heterocycles. The molecule has 1 atom stereocenters. The standard InChI is InChI=1S/C13H27N3/c1-3-6-12-7-5-10-16(11-8-12)13(14)15-9-4-2/h12H,3-11H2,1-2H3,(H2,14,15). The van der Waals surface area contributed by atoms with Gasteiger partial charge in [0.15, 0.2) is 5.96 Å². The highest BCUT2D eigenvalue weighted by Gasteiger charge is 2.17. The maximum Gasteiger partial charge on any atom is 0.191 e. The van der Waals surface area contributed by atoms with Crippen LogP contribution in [0.2, 0.25) is 0 Å². The molecule has 0 bridgehead atoms. The minimum absolute atomic E-state index is 0.763. The fourth-order valence-electron chi connectivity index (χ4n) is 2.42. The monoisotopic (exact) mass is 225 g/mol. The van der Waals surface area contributed by atoms with Crippen molar-refractivity contribution in [3.63, 3.8) is 0 Å². The average Bonchev–Trinajstić information content (AvgIpc) is 2.52. The second-order valence-electron chi connectivity index (χ2n) is 4.81. The smallest absolute Gasteiger partial charge is 0.191 e. The summed E-state index contributed by atoms with van der Waals surface area (Å²) in [6, 6.07) is 0. The van der Waals surface area contributed by atoms with E-state index in [0.29, 0.717) is 0 Å². The fourth-order valence-corrected chi connectivity index (χ4v) is 2.42. The van der Waals surface area contributed by atoms with Gasteiger partial charge < -0.3 is 10.6 Å². The lowest BCUT2D eigenvalue weighted by Gasteiger charge is -2.21. The number of nitrogens with zero attached hydrogens (tertiary/aromatic N) is 2. The Balaban J connectivity index is 2.40. The molecule has 0 aromatic carbocycles. The van der Waals surface area contributed by atoms with Gasteiger partial charge in [0.1, 0.15) is 0 Å². The van der Waals surface area contributed by atoms with Gasteiger partial charge >= 0.3 is 0 Å². The third-order valence-corrected chi connectivity index (χ3v) is 3.37. The first-order valence-corrected chi connectivity index (χ1v) is 6.82. The van der Waals surface area contributed by atoms with Gasteiger partial charge in [-0.05, 0) is 31.6 Å². The van der Waals surface area contributed by atoms with Gasteiger partial charge in [-0.2, -0.15) is 0 Å². The summed E-state index contributed by atoms with van der Waals surface area (Å²) in [5.74, 6) is 1.67. The molecule has 0 amide bonds. The predicted molar refractivity (Wildman–Crippen MR) is 70.6 cm³/mol. The number of nitrogens with two attached hydrogens (primary N) is 1. The van der Waals surface area contributed by atoms with Gasteiger partial charge in [0.2, 0.25) is 0 Å². The van der Waals surface area contributed by atoms with Crippen molar-refractivity contribution in [2.24, 2.45) is 16.6 Å². The van der Waals surface area contributed by atoms with Crippen molar-refractivity contribution in [3.8, 4) is 0 Å². The molecule has 1 saturated heterocycles. The van der Waals surface area contributed by atoms with Gasteiger partial charge in [-0.1, -0.05) is 26.7 Å². The summed E-state index contributed by atoms with van der Waals surface area (Å²) < 4.78 is 0. The molecular formula is C13H27N3. The second kappa shape index (κ2) is 7.53. The Kier molecular flexibility index (Phi) is 6.27. The van der Waals surface area contributed by atoms with Crippen molar-refractivity contribution < 1.29 is 0 Å². The molecule has 0 saturated carbocycles. The van der Waals surface area contributed by atoms with E-state index in [1.54, 1.807) is 0 Å².